The lowest BCUT2D eigenvalue weighted by Gasteiger charge is -2.61. The van der Waals surface area contributed by atoms with Crippen LogP contribution in [0.15, 0.2) is 0 Å². The van der Waals surface area contributed by atoms with E-state index in [9.17, 15) is 4.79 Å². The number of hydrogen-bond donors (Lipinski definition) is 0. The van der Waals surface area contributed by atoms with Crippen molar-refractivity contribution < 1.29 is 4.79 Å². The second kappa shape index (κ2) is 7.12. The molecule has 7 unspecified atom stereocenters. The molecule has 4 aliphatic rings. The summed E-state index contributed by atoms with van der Waals surface area (Å²) >= 11 is 0. The lowest BCUT2D eigenvalue weighted by molar-refractivity contribution is -0.148. The van der Waals surface area contributed by atoms with Crippen LogP contribution >= 0.6 is 0 Å². The third-order valence-electron chi connectivity index (χ3n) is 8.86. The Kier molecular flexibility index (Phi) is 5.93. The van der Waals surface area contributed by atoms with Gasteiger partial charge in [0, 0.05) is 11.8 Å². The van der Waals surface area contributed by atoms with Crippen LogP contribution in [-0.4, -0.2) is 5.78 Å². The Morgan fingerprint density at radius 2 is 1.67 bits per heavy atom. The SMILES string of the molecule is C.CC.CC1CC2C(CCC3CCCCC32C)C2CCC(=O)C12C. The number of rotatable bonds is 0. The molecule has 0 aromatic heterocycles. The molecule has 4 aliphatic carbocycles. The first kappa shape index (κ1) is 20.0. The summed E-state index contributed by atoms with van der Waals surface area (Å²) in [5.41, 5.74) is 0.626. The van der Waals surface area contributed by atoms with Crippen LogP contribution in [-0.2, 0) is 4.79 Å². The molecule has 0 amide bonds. The number of hydrogen-bond acceptors (Lipinski definition) is 1. The molecule has 0 aromatic rings. The third kappa shape index (κ3) is 2.60. The molecule has 24 heavy (non-hydrogen) atoms. The smallest absolute Gasteiger partial charge is 0.139 e. The van der Waals surface area contributed by atoms with Crippen molar-refractivity contribution >= 4 is 5.78 Å². The number of fused-ring (bicyclic) bond motifs is 5. The average molecular weight is 335 g/mol. The van der Waals surface area contributed by atoms with E-state index in [-0.39, 0.29) is 12.8 Å². The second-order valence-electron chi connectivity index (χ2n) is 9.28. The van der Waals surface area contributed by atoms with Crippen molar-refractivity contribution in [3.05, 3.63) is 0 Å². The molecule has 4 saturated carbocycles. The van der Waals surface area contributed by atoms with Crippen molar-refractivity contribution in [3.8, 4) is 0 Å². The molecule has 0 spiro atoms. The molecule has 0 aromatic carbocycles. The standard InChI is InChI=1S/C20H32O.C2H6.CH4/c1-13-12-17-15(16-9-10-18(21)20(13,16)3)8-7-14-6-4-5-11-19(14,17)2;1-2;/h13-17H,4-12H2,1-3H3;1-2H3;1H4. The van der Waals surface area contributed by atoms with Gasteiger partial charge < -0.3 is 0 Å². The van der Waals surface area contributed by atoms with Gasteiger partial charge in [0.1, 0.15) is 5.78 Å². The van der Waals surface area contributed by atoms with E-state index in [1.165, 1.54) is 51.4 Å². The number of ketones is 1. The molecule has 0 aliphatic heterocycles. The second-order valence-corrected chi connectivity index (χ2v) is 9.28. The molecule has 1 heteroatoms. The van der Waals surface area contributed by atoms with Gasteiger partial charge >= 0.3 is 0 Å². The van der Waals surface area contributed by atoms with Crippen LogP contribution in [0, 0.1) is 40.4 Å². The summed E-state index contributed by atoms with van der Waals surface area (Å²) in [6, 6.07) is 0. The minimum Gasteiger partial charge on any atom is -0.299 e. The van der Waals surface area contributed by atoms with Crippen molar-refractivity contribution in [2.75, 3.05) is 0 Å². The fourth-order valence-electron chi connectivity index (χ4n) is 7.39. The summed E-state index contributed by atoms with van der Waals surface area (Å²) in [4.78, 5) is 12.6. The van der Waals surface area contributed by atoms with Gasteiger partial charge in [-0.3, -0.25) is 4.79 Å². The van der Waals surface area contributed by atoms with Crippen LogP contribution in [0.2, 0.25) is 0 Å². The number of carbonyl (C=O) groups excluding carboxylic acids is 1. The molecule has 0 bridgehead atoms. The zero-order chi connectivity index (χ0) is 16.8. The largest absolute Gasteiger partial charge is 0.299 e. The molecule has 4 rings (SSSR count). The average Bonchev–Trinajstić information content (AvgIpc) is 2.87. The summed E-state index contributed by atoms with van der Waals surface area (Å²) < 4.78 is 0. The zero-order valence-electron chi connectivity index (χ0n) is 16.2. The monoisotopic (exact) mass is 334 g/mol. The fourth-order valence-corrected chi connectivity index (χ4v) is 7.39. The molecular formula is C23H42O. The van der Waals surface area contributed by atoms with Crippen LogP contribution in [0.3, 0.4) is 0 Å². The van der Waals surface area contributed by atoms with Crippen LogP contribution in [0.5, 0.6) is 0 Å². The topological polar surface area (TPSA) is 17.1 Å². The Hall–Kier alpha value is -0.330. The number of Topliss-reactive ketones (excluding diaryl/α,β-unsaturated/α-hetero) is 1. The van der Waals surface area contributed by atoms with E-state index in [2.05, 4.69) is 20.8 Å². The highest BCUT2D eigenvalue weighted by molar-refractivity contribution is 5.87. The fraction of sp³-hybridized carbons (Fsp3) is 0.957. The highest BCUT2D eigenvalue weighted by Gasteiger charge is 2.61. The van der Waals surface area contributed by atoms with E-state index in [0.29, 0.717) is 23.0 Å². The van der Waals surface area contributed by atoms with Gasteiger partial charge in [-0.25, -0.2) is 0 Å². The first-order valence-electron chi connectivity index (χ1n) is 10.5. The van der Waals surface area contributed by atoms with Crippen molar-refractivity contribution in [2.24, 2.45) is 40.4 Å². The molecule has 0 N–H and O–H groups in total. The molecule has 0 heterocycles. The van der Waals surface area contributed by atoms with Gasteiger partial charge in [0.05, 0.1) is 0 Å². The van der Waals surface area contributed by atoms with Gasteiger partial charge in [0.25, 0.3) is 0 Å². The number of carbonyl (C=O) groups is 1. The molecular weight excluding hydrogens is 292 g/mol. The lowest BCUT2D eigenvalue weighted by atomic mass is 9.43. The minimum absolute atomic E-state index is 0. The quantitative estimate of drug-likeness (QED) is 0.471. The Balaban J connectivity index is 0.000000670. The molecule has 0 saturated heterocycles. The van der Waals surface area contributed by atoms with E-state index in [0.717, 1.165) is 24.2 Å². The summed E-state index contributed by atoms with van der Waals surface area (Å²) in [7, 11) is 0. The maximum atomic E-state index is 12.6. The van der Waals surface area contributed by atoms with Crippen LogP contribution in [0.4, 0.5) is 0 Å². The highest BCUT2D eigenvalue weighted by atomic mass is 16.1. The molecule has 4 fully saturated rings. The van der Waals surface area contributed by atoms with Crippen LogP contribution < -0.4 is 0 Å². The highest BCUT2D eigenvalue weighted by Crippen LogP contribution is 2.66. The Morgan fingerprint density at radius 3 is 2.38 bits per heavy atom. The van der Waals surface area contributed by atoms with Crippen molar-refractivity contribution in [1.82, 2.24) is 0 Å². The zero-order valence-corrected chi connectivity index (χ0v) is 16.2. The summed E-state index contributed by atoms with van der Waals surface area (Å²) in [6.45, 7) is 11.3. The molecule has 7 atom stereocenters. The predicted octanol–water partition coefficient (Wildman–Crippen LogP) is 6.90. The van der Waals surface area contributed by atoms with Crippen molar-refractivity contribution in [1.29, 1.82) is 0 Å². The third-order valence-corrected chi connectivity index (χ3v) is 8.86. The molecule has 140 valence electrons. The lowest BCUT2D eigenvalue weighted by Crippen LogP contribution is -2.55. The van der Waals surface area contributed by atoms with Crippen molar-refractivity contribution in [3.63, 3.8) is 0 Å². The Labute approximate surface area is 151 Å². The summed E-state index contributed by atoms with van der Waals surface area (Å²) in [5, 5.41) is 0. The van der Waals surface area contributed by atoms with Gasteiger partial charge in [-0.15, -0.1) is 0 Å². The Bertz CT molecular complexity index is 455. The van der Waals surface area contributed by atoms with Crippen LogP contribution in [0.1, 0.15) is 99.8 Å². The van der Waals surface area contributed by atoms with Gasteiger partial charge in [0.15, 0.2) is 0 Å². The predicted molar refractivity (Wildman–Crippen MR) is 104 cm³/mol. The summed E-state index contributed by atoms with van der Waals surface area (Å²) in [5.74, 6) is 4.66. The van der Waals surface area contributed by atoms with Gasteiger partial charge in [-0.2, -0.15) is 0 Å². The minimum atomic E-state index is 0. The Morgan fingerprint density at radius 1 is 0.958 bits per heavy atom. The van der Waals surface area contributed by atoms with E-state index in [1.54, 1.807) is 0 Å². The van der Waals surface area contributed by atoms with E-state index in [4.69, 9.17) is 0 Å². The van der Waals surface area contributed by atoms with E-state index >= 15 is 0 Å². The maximum absolute atomic E-state index is 12.6. The normalized spacial score (nSPS) is 49.7. The van der Waals surface area contributed by atoms with Crippen LogP contribution in [0.25, 0.3) is 0 Å². The van der Waals surface area contributed by atoms with E-state index < -0.39 is 0 Å². The van der Waals surface area contributed by atoms with Gasteiger partial charge in [-0.05, 0) is 73.5 Å². The van der Waals surface area contributed by atoms with Gasteiger partial charge in [0.2, 0.25) is 0 Å². The van der Waals surface area contributed by atoms with E-state index in [1.807, 2.05) is 13.8 Å². The first-order valence-corrected chi connectivity index (χ1v) is 10.5. The maximum Gasteiger partial charge on any atom is 0.139 e. The summed E-state index contributed by atoms with van der Waals surface area (Å²) in [6.07, 6.45) is 12.1. The molecule has 0 radical (unpaired) electrons. The van der Waals surface area contributed by atoms with Gasteiger partial charge in [-0.1, -0.05) is 54.9 Å². The molecule has 1 nitrogen and oxygen atoms in total. The first-order chi connectivity index (χ1) is 11.0. The van der Waals surface area contributed by atoms with Crippen molar-refractivity contribution in [2.45, 2.75) is 99.8 Å².